The highest BCUT2D eigenvalue weighted by atomic mass is 16.1. The van der Waals surface area contributed by atoms with Crippen LogP contribution in [0, 0.1) is 11.8 Å². The molecule has 0 spiro atoms. The van der Waals surface area contributed by atoms with Gasteiger partial charge in [-0.2, -0.15) is 5.10 Å². The first kappa shape index (κ1) is 11.3. The van der Waals surface area contributed by atoms with Crippen LogP contribution in [0.25, 0.3) is 10.9 Å². The van der Waals surface area contributed by atoms with Crippen molar-refractivity contribution >= 4 is 16.8 Å². The Morgan fingerprint density at radius 2 is 2.39 bits per heavy atom. The maximum absolute atomic E-state index is 12.0. The molecule has 2 N–H and O–H groups in total. The Labute approximate surface area is 106 Å². The van der Waals surface area contributed by atoms with Gasteiger partial charge in [-0.15, -0.1) is 0 Å². The Hall–Kier alpha value is -1.84. The summed E-state index contributed by atoms with van der Waals surface area (Å²) in [4.78, 5) is 12.0. The molecule has 2 aromatic rings. The van der Waals surface area contributed by atoms with Crippen LogP contribution >= 0.6 is 0 Å². The van der Waals surface area contributed by atoms with Gasteiger partial charge in [-0.25, -0.2) is 0 Å². The molecule has 4 nitrogen and oxygen atoms in total. The van der Waals surface area contributed by atoms with Gasteiger partial charge in [-0.1, -0.05) is 13.0 Å². The van der Waals surface area contributed by atoms with Crippen molar-refractivity contribution in [3.05, 3.63) is 30.0 Å². The summed E-state index contributed by atoms with van der Waals surface area (Å²) in [5.74, 6) is 1.41. The minimum absolute atomic E-state index is 0.000926. The van der Waals surface area contributed by atoms with Gasteiger partial charge in [0.15, 0.2) is 0 Å². The molecule has 1 aromatic heterocycles. The lowest BCUT2D eigenvalue weighted by atomic mass is 10.1. The fourth-order valence-electron chi connectivity index (χ4n) is 2.27. The molecule has 1 fully saturated rings. The highest BCUT2D eigenvalue weighted by molar-refractivity contribution is 5.97. The first-order chi connectivity index (χ1) is 8.74. The van der Waals surface area contributed by atoms with E-state index in [0.29, 0.717) is 11.5 Å². The summed E-state index contributed by atoms with van der Waals surface area (Å²) in [5, 5.41) is 10.9. The second-order valence-corrected chi connectivity index (χ2v) is 5.20. The number of hydrogen-bond donors (Lipinski definition) is 2. The minimum atomic E-state index is -0.000926. The number of carbonyl (C=O) groups is 1. The number of benzene rings is 1. The molecule has 1 saturated carbocycles. The van der Waals surface area contributed by atoms with Crippen LogP contribution in [0.4, 0.5) is 0 Å². The second kappa shape index (κ2) is 4.44. The van der Waals surface area contributed by atoms with Crippen molar-refractivity contribution in [3.63, 3.8) is 0 Å². The van der Waals surface area contributed by atoms with Crippen LogP contribution in [-0.2, 0) is 0 Å². The van der Waals surface area contributed by atoms with E-state index >= 15 is 0 Å². The molecular formula is C14H17N3O. The van der Waals surface area contributed by atoms with E-state index in [4.69, 9.17) is 0 Å². The fraction of sp³-hybridized carbons (Fsp3) is 0.429. The highest BCUT2D eigenvalue weighted by Gasteiger charge is 2.27. The quantitative estimate of drug-likeness (QED) is 0.866. The third kappa shape index (κ3) is 2.23. The van der Waals surface area contributed by atoms with Crippen LogP contribution in [-0.4, -0.2) is 22.6 Å². The summed E-state index contributed by atoms with van der Waals surface area (Å²) < 4.78 is 0. The molecule has 0 aliphatic heterocycles. The monoisotopic (exact) mass is 243 g/mol. The van der Waals surface area contributed by atoms with Gasteiger partial charge < -0.3 is 5.32 Å². The van der Waals surface area contributed by atoms with E-state index in [1.54, 1.807) is 6.20 Å². The van der Waals surface area contributed by atoms with Gasteiger partial charge >= 0.3 is 0 Å². The van der Waals surface area contributed by atoms with Crippen LogP contribution in [0.1, 0.15) is 30.1 Å². The third-order valence-electron chi connectivity index (χ3n) is 3.72. The van der Waals surface area contributed by atoms with E-state index in [0.717, 1.165) is 23.4 Å². The van der Waals surface area contributed by atoms with Crippen LogP contribution < -0.4 is 5.32 Å². The molecule has 3 rings (SSSR count). The lowest BCUT2D eigenvalue weighted by Crippen LogP contribution is -2.28. The summed E-state index contributed by atoms with van der Waals surface area (Å²) in [6, 6.07) is 5.60. The van der Waals surface area contributed by atoms with E-state index in [2.05, 4.69) is 22.4 Å². The Bertz CT molecular complexity index is 571. The van der Waals surface area contributed by atoms with Gasteiger partial charge in [0.1, 0.15) is 0 Å². The Balaban J connectivity index is 1.66. The van der Waals surface area contributed by atoms with Crippen molar-refractivity contribution < 1.29 is 4.79 Å². The number of rotatable bonds is 4. The molecule has 94 valence electrons. The van der Waals surface area contributed by atoms with E-state index in [1.165, 1.54) is 12.8 Å². The number of hydrogen-bond acceptors (Lipinski definition) is 2. The largest absolute Gasteiger partial charge is 0.352 e. The predicted molar refractivity (Wildman–Crippen MR) is 70.3 cm³/mol. The molecule has 0 bridgehead atoms. The normalized spacial score (nSPS) is 16.7. The van der Waals surface area contributed by atoms with Crippen molar-refractivity contribution in [3.8, 4) is 0 Å². The fourth-order valence-corrected chi connectivity index (χ4v) is 2.27. The van der Waals surface area contributed by atoms with E-state index in [1.807, 2.05) is 18.2 Å². The molecule has 0 saturated heterocycles. The van der Waals surface area contributed by atoms with Gasteiger partial charge in [-0.05, 0) is 36.8 Å². The first-order valence-corrected chi connectivity index (χ1v) is 6.45. The lowest BCUT2D eigenvalue weighted by Gasteiger charge is -2.11. The van der Waals surface area contributed by atoms with Crippen LogP contribution in [0.5, 0.6) is 0 Å². The van der Waals surface area contributed by atoms with Crippen LogP contribution in [0.15, 0.2) is 24.4 Å². The molecule has 0 radical (unpaired) electrons. The van der Waals surface area contributed by atoms with Gasteiger partial charge in [0.05, 0.1) is 11.7 Å². The third-order valence-corrected chi connectivity index (χ3v) is 3.72. The molecule has 1 atom stereocenters. The van der Waals surface area contributed by atoms with Crippen molar-refractivity contribution in [2.45, 2.75) is 19.8 Å². The topological polar surface area (TPSA) is 57.8 Å². The maximum Gasteiger partial charge on any atom is 0.251 e. The summed E-state index contributed by atoms with van der Waals surface area (Å²) in [7, 11) is 0. The predicted octanol–water partition coefficient (Wildman–Crippen LogP) is 2.34. The number of nitrogens with one attached hydrogen (secondary N) is 2. The molecule has 1 unspecified atom stereocenters. The Kier molecular flexibility index (Phi) is 2.78. The van der Waals surface area contributed by atoms with Gasteiger partial charge in [0.2, 0.25) is 0 Å². The second-order valence-electron chi connectivity index (χ2n) is 5.20. The molecule has 1 heterocycles. The zero-order valence-electron chi connectivity index (χ0n) is 10.4. The molecular weight excluding hydrogens is 226 g/mol. The zero-order valence-corrected chi connectivity index (χ0v) is 10.4. The molecule has 4 heteroatoms. The van der Waals surface area contributed by atoms with Crippen LogP contribution in [0.2, 0.25) is 0 Å². The first-order valence-electron chi connectivity index (χ1n) is 6.45. The van der Waals surface area contributed by atoms with Crippen molar-refractivity contribution in [1.29, 1.82) is 0 Å². The number of aromatic nitrogens is 2. The molecule has 18 heavy (non-hydrogen) atoms. The highest BCUT2D eigenvalue weighted by Crippen LogP contribution is 2.36. The zero-order chi connectivity index (χ0) is 12.5. The van der Waals surface area contributed by atoms with Crippen LogP contribution in [0.3, 0.4) is 0 Å². The SMILES string of the molecule is CC(CNC(=O)c1ccc2cn[nH]c2c1)C1CC1. The number of nitrogens with zero attached hydrogens (tertiary/aromatic N) is 1. The molecule has 1 amide bonds. The van der Waals surface area contributed by atoms with E-state index in [-0.39, 0.29) is 5.91 Å². The molecule has 1 aliphatic rings. The van der Waals surface area contributed by atoms with Gasteiger partial charge in [0, 0.05) is 17.5 Å². The molecule has 1 aliphatic carbocycles. The summed E-state index contributed by atoms with van der Waals surface area (Å²) in [5.41, 5.74) is 1.59. The summed E-state index contributed by atoms with van der Waals surface area (Å²) in [6.07, 6.45) is 4.39. The number of carbonyl (C=O) groups excluding carboxylic acids is 1. The molecule has 1 aromatic carbocycles. The smallest absolute Gasteiger partial charge is 0.251 e. The number of aromatic amines is 1. The average molecular weight is 243 g/mol. The Morgan fingerprint density at radius 1 is 1.56 bits per heavy atom. The minimum Gasteiger partial charge on any atom is -0.352 e. The standard InChI is InChI=1S/C14H17N3O/c1-9(10-2-3-10)7-15-14(18)11-4-5-12-8-16-17-13(12)6-11/h4-6,8-10H,2-3,7H2,1H3,(H,15,18)(H,16,17). The van der Waals surface area contributed by atoms with E-state index < -0.39 is 0 Å². The lowest BCUT2D eigenvalue weighted by molar-refractivity contribution is 0.0947. The maximum atomic E-state index is 12.0. The average Bonchev–Trinajstić information content (AvgIpc) is 3.13. The van der Waals surface area contributed by atoms with Crippen molar-refractivity contribution in [2.24, 2.45) is 11.8 Å². The number of amides is 1. The Morgan fingerprint density at radius 3 is 3.17 bits per heavy atom. The summed E-state index contributed by atoms with van der Waals surface area (Å²) >= 11 is 0. The number of H-pyrrole nitrogens is 1. The van der Waals surface area contributed by atoms with Crippen molar-refractivity contribution in [1.82, 2.24) is 15.5 Å². The van der Waals surface area contributed by atoms with E-state index in [9.17, 15) is 4.79 Å². The van der Waals surface area contributed by atoms with Crippen molar-refractivity contribution in [2.75, 3.05) is 6.54 Å². The number of fused-ring (bicyclic) bond motifs is 1. The van der Waals surface area contributed by atoms with Gasteiger partial charge in [-0.3, -0.25) is 9.89 Å². The summed E-state index contributed by atoms with van der Waals surface area (Å²) in [6.45, 7) is 2.97. The van der Waals surface area contributed by atoms with Gasteiger partial charge in [0.25, 0.3) is 5.91 Å².